The molecule has 0 amide bonds. The van der Waals surface area contributed by atoms with Crippen LogP contribution in [0.5, 0.6) is 5.75 Å². The third kappa shape index (κ3) is 3.15. The average Bonchev–Trinajstić information content (AvgIpc) is 2.88. The number of hydrogen-bond acceptors (Lipinski definition) is 6. The molecule has 0 aliphatic carbocycles. The van der Waals surface area contributed by atoms with Gasteiger partial charge in [-0.05, 0) is 38.7 Å². The van der Waals surface area contributed by atoms with E-state index in [-0.39, 0.29) is 6.04 Å². The van der Waals surface area contributed by atoms with Crippen LogP contribution in [0.25, 0.3) is 11.5 Å². The van der Waals surface area contributed by atoms with Crippen LogP contribution in [-0.2, 0) is 0 Å². The molecule has 6 heteroatoms. The largest absolute Gasteiger partial charge is 0.496 e. The van der Waals surface area contributed by atoms with Gasteiger partial charge < -0.3 is 19.9 Å². The van der Waals surface area contributed by atoms with Crippen LogP contribution in [0.2, 0.25) is 0 Å². The molecule has 6 nitrogen and oxygen atoms in total. The predicted octanol–water partition coefficient (Wildman–Crippen LogP) is 1.62. The third-order valence-corrected chi connectivity index (χ3v) is 2.99. The minimum atomic E-state index is -0.269. The van der Waals surface area contributed by atoms with Crippen molar-refractivity contribution in [3.8, 4) is 17.2 Å². The Balaban J connectivity index is 2.24. The number of nitrogens with two attached hydrogens (primary N) is 1. The van der Waals surface area contributed by atoms with Crippen LogP contribution in [0, 0.1) is 6.92 Å². The molecule has 2 rings (SSSR count). The quantitative estimate of drug-likeness (QED) is 0.894. The summed E-state index contributed by atoms with van der Waals surface area (Å²) in [6, 6.07) is 5.49. The number of nitrogens with zero attached hydrogens (tertiary/aromatic N) is 3. The highest BCUT2D eigenvalue weighted by atomic mass is 16.5. The summed E-state index contributed by atoms with van der Waals surface area (Å²) in [6.07, 6.45) is 0. The number of benzene rings is 1. The minimum Gasteiger partial charge on any atom is -0.496 e. The van der Waals surface area contributed by atoms with E-state index in [9.17, 15) is 0 Å². The lowest BCUT2D eigenvalue weighted by Crippen LogP contribution is -2.26. The molecule has 1 aromatic heterocycles. The Morgan fingerprint density at radius 1 is 1.40 bits per heavy atom. The molecular formula is C14H20N4O2. The topological polar surface area (TPSA) is 77.4 Å². The molecular weight excluding hydrogens is 256 g/mol. The lowest BCUT2D eigenvalue weighted by molar-refractivity contribution is 0.357. The van der Waals surface area contributed by atoms with Crippen LogP contribution in [0.3, 0.4) is 0 Å². The maximum Gasteiger partial charge on any atom is 0.258 e. The first-order valence-corrected chi connectivity index (χ1v) is 6.40. The number of methoxy groups -OCH3 is 1. The Morgan fingerprint density at radius 2 is 2.15 bits per heavy atom. The predicted molar refractivity (Wildman–Crippen MR) is 76.5 cm³/mol. The Kier molecular flexibility index (Phi) is 4.36. The van der Waals surface area contributed by atoms with Gasteiger partial charge in [0.05, 0.1) is 13.2 Å². The van der Waals surface area contributed by atoms with E-state index in [4.69, 9.17) is 15.0 Å². The molecule has 0 fully saturated rings. The van der Waals surface area contributed by atoms with Crippen LogP contribution >= 0.6 is 0 Å². The van der Waals surface area contributed by atoms with E-state index in [1.165, 1.54) is 0 Å². The van der Waals surface area contributed by atoms with Crippen molar-refractivity contribution in [1.29, 1.82) is 0 Å². The van der Waals surface area contributed by atoms with Crippen molar-refractivity contribution in [2.45, 2.75) is 13.0 Å². The van der Waals surface area contributed by atoms with Crippen molar-refractivity contribution in [1.82, 2.24) is 15.0 Å². The molecule has 1 unspecified atom stereocenters. The summed E-state index contributed by atoms with van der Waals surface area (Å²) in [4.78, 5) is 6.34. The van der Waals surface area contributed by atoms with Crippen LogP contribution in [0.4, 0.5) is 0 Å². The van der Waals surface area contributed by atoms with E-state index in [1.807, 2.05) is 44.1 Å². The van der Waals surface area contributed by atoms with Gasteiger partial charge >= 0.3 is 0 Å². The molecule has 0 spiro atoms. The highest BCUT2D eigenvalue weighted by Gasteiger charge is 2.16. The molecule has 2 aromatic rings. The van der Waals surface area contributed by atoms with Crippen molar-refractivity contribution < 1.29 is 9.26 Å². The SMILES string of the molecule is COc1cc(-c2nc(C(N)CN(C)C)no2)ccc1C. The first-order valence-electron chi connectivity index (χ1n) is 6.40. The van der Waals surface area contributed by atoms with E-state index in [0.717, 1.165) is 16.9 Å². The molecule has 0 bridgehead atoms. The zero-order valence-electron chi connectivity index (χ0n) is 12.3. The summed E-state index contributed by atoms with van der Waals surface area (Å²) in [5.41, 5.74) is 7.89. The molecule has 108 valence electrons. The lowest BCUT2D eigenvalue weighted by atomic mass is 10.1. The van der Waals surface area contributed by atoms with Gasteiger partial charge in [-0.2, -0.15) is 4.98 Å². The van der Waals surface area contributed by atoms with E-state index in [1.54, 1.807) is 7.11 Å². The molecule has 0 aliphatic heterocycles. The summed E-state index contributed by atoms with van der Waals surface area (Å²) in [5.74, 6) is 1.75. The number of ether oxygens (including phenoxy) is 1. The van der Waals surface area contributed by atoms with Crippen LogP contribution in [0.1, 0.15) is 17.4 Å². The Morgan fingerprint density at radius 3 is 2.80 bits per heavy atom. The fourth-order valence-corrected chi connectivity index (χ4v) is 1.93. The zero-order chi connectivity index (χ0) is 14.7. The average molecular weight is 276 g/mol. The number of hydrogen-bond donors (Lipinski definition) is 1. The highest BCUT2D eigenvalue weighted by molar-refractivity contribution is 5.57. The van der Waals surface area contributed by atoms with Gasteiger partial charge in [0.2, 0.25) is 0 Å². The van der Waals surface area contributed by atoms with E-state index >= 15 is 0 Å². The number of aromatic nitrogens is 2. The smallest absolute Gasteiger partial charge is 0.258 e. The molecule has 0 saturated heterocycles. The second-order valence-corrected chi connectivity index (χ2v) is 5.01. The number of likely N-dealkylation sites (N-methyl/N-ethyl adjacent to an activating group) is 1. The summed E-state index contributed by atoms with van der Waals surface area (Å²) >= 11 is 0. The molecule has 1 atom stereocenters. The first kappa shape index (κ1) is 14.5. The fourth-order valence-electron chi connectivity index (χ4n) is 1.93. The van der Waals surface area contributed by atoms with Gasteiger partial charge in [0, 0.05) is 12.1 Å². The highest BCUT2D eigenvalue weighted by Crippen LogP contribution is 2.26. The summed E-state index contributed by atoms with van der Waals surface area (Å²) in [5, 5.41) is 3.94. The van der Waals surface area contributed by atoms with Crippen LogP contribution < -0.4 is 10.5 Å². The molecule has 2 N–H and O–H groups in total. The van der Waals surface area contributed by atoms with Crippen LogP contribution in [-0.4, -0.2) is 42.8 Å². The van der Waals surface area contributed by atoms with Gasteiger partial charge in [-0.1, -0.05) is 11.2 Å². The molecule has 0 saturated carbocycles. The molecule has 1 aromatic carbocycles. The second kappa shape index (κ2) is 6.02. The van der Waals surface area contributed by atoms with Gasteiger partial charge in [-0.15, -0.1) is 0 Å². The monoisotopic (exact) mass is 276 g/mol. The van der Waals surface area contributed by atoms with Crippen molar-refractivity contribution in [2.75, 3.05) is 27.7 Å². The van der Waals surface area contributed by atoms with Gasteiger partial charge in [-0.25, -0.2) is 0 Å². The Bertz CT molecular complexity index is 580. The zero-order valence-corrected chi connectivity index (χ0v) is 12.3. The molecule has 0 aliphatic rings. The van der Waals surface area contributed by atoms with Crippen molar-refractivity contribution in [2.24, 2.45) is 5.73 Å². The van der Waals surface area contributed by atoms with E-state index in [2.05, 4.69) is 10.1 Å². The summed E-state index contributed by atoms with van der Waals surface area (Å²) in [7, 11) is 5.54. The standard InChI is InChI=1S/C14H20N4O2/c1-9-5-6-10(7-12(9)19-4)14-16-13(17-20-14)11(15)8-18(2)3/h5-7,11H,8,15H2,1-4H3. The number of rotatable bonds is 5. The maximum atomic E-state index is 6.02. The van der Waals surface area contributed by atoms with Crippen molar-refractivity contribution >= 4 is 0 Å². The van der Waals surface area contributed by atoms with Crippen molar-refractivity contribution in [3.05, 3.63) is 29.6 Å². The first-order chi connectivity index (χ1) is 9.51. The minimum absolute atomic E-state index is 0.269. The number of aryl methyl sites for hydroxylation is 1. The van der Waals surface area contributed by atoms with Gasteiger partial charge in [0.15, 0.2) is 5.82 Å². The van der Waals surface area contributed by atoms with Gasteiger partial charge in [-0.3, -0.25) is 0 Å². The summed E-state index contributed by atoms with van der Waals surface area (Å²) in [6.45, 7) is 2.64. The Labute approximate surface area is 118 Å². The van der Waals surface area contributed by atoms with Gasteiger partial charge in [0.25, 0.3) is 5.89 Å². The second-order valence-electron chi connectivity index (χ2n) is 5.01. The molecule has 1 heterocycles. The van der Waals surface area contributed by atoms with E-state index < -0.39 is 0 Å². The third-order valence-electron chi connectivity index (χ3n) is 2.99. The summed E-state index contributed by atoms with van der Waals surface area (Å²) < 4.78 is 10.6. The van der Waals surface area contributed by atoms with Gasteiger partial charge in [0.1, 0.15) is 5.75 Å². The van der Waals surface area contributed by atoms with Crippen molar-refractivity contribution in [3.63, 3.8) is 0 Å². The van der Waals surface area contributed by atoms with E-state index in [0.29, 0.717) is 18.3 Å². The Hall–Kier alpha value is -1.92. The normalized spacial score (nSPS) is 12.7. The fraction of sp³-hybridized carbons (Fsp3) is 0.429. The molecule has 20 heavy (non-hydrogen) atoms. The molecule has 0 radical (unpaired) electrons. The maximum absolute atomic E-state index is 6.02. The van der Waals surface area contributed by atoms with Crippen LogP contribution in [0.15, 0.2) is 22.7 Å². The lowest BCUT2D eigenvalue weighted by Gasteiger charge is -2.12.